The summed E-state index contributed by atoms with van der Waals surface area (Å²) in [6.45, 7) is 4.06. The molecule has 0 radical (unpaired) electrons. The summed E-state index contributed by atoms with van der Waals surface area (Å²) in [4.78, 5) is 19.3. The number of hydrogen-bond donors (Lipinski definition) is 0. The molecule has 0 atom stereocenters. The second-order valence-electron chi connectivity index (χ2n) is 6.43. The quantitative estimate of drug-likeness (QED) is 0.559. The third-order valence-electron chi connectivity index (χ3n) is 4.58. The molecule has 0 aliphatic carbocycles. The van der Waals surface area contributed by atoms with Crippen LogP contribution in [0.4, 0.5) is 0 Å². The minimum Gasteiger partial charge on any atom is -0.465 e. The summed E-state index contributed by atoms with van der Waals surface area (Å²) in [5, 5.41) is 0.610. The highest BCUT2D eigenvalue weighted by Crippen LogP contribution is 2.17. The van der Waals surface area contributed by atoms with Crippen molar-refractivity contribution in [3.8, 4) is 6.01 Å². The van der Waals surface area contributed by atoms with E-state index in [0.29, 0.717) is 28.9 Å². The molecule has 6 heteroatoms. The van der Waals surface area contributed by atoms with Gasteiger partial charge in [0, 0.05) is 24.2 Å². The number of nitrogens with zero attached hydrogens (tertiary/aromatic N) is 3. The Kier molecular flexibility index (Phi) is 6.10. The van der Waals surface area contributed by atoms with Crippen molar-refractivity contribution in [2.24, 2.45) is 7.05 Å². The van der Waals surface area contributed by atoms with Crippen LogP contribution in [0.3, 0.4) is 0 Å². The fourth-order valence-electron chi connectivity index (χ4n) is 3.12. The fraction of sp³-hybridized carbons (Fsp3) is 0.474. The summed E-state index contributed by atoms with van der Waals surface area (Å²) in [5.41, 5.74) is 1.09. The first-order chi connectivity index (χ1) is 12.1. The van der Waals surface area contributed by atoms with Gasteiger partial charge in [-0.3, -0.25) is 9.36 Å². The number of imidazole rings is 1. The summed E-state index contributed by atoms with van der Waals surface area (Å²) in [5.74, 6) is -0.0881. The van der Waals surface area contributed by atoms with Crippen LogP contribution in [0.2, 0.25) is 5.02 Å². The van der Waals surface area contributed by atoms with Crippen LogP contribution in [0.15, 0.2) is 30.5 Å². The summed E-state index contributed by atoms with van der Waals surface area (Å²) >= 11 is 5.87. The molecular weight excluding hydrogens is 338 g/mol. The molecule has 2 heterocycles. The molecule has 1 fully saturated rings. The molecule has 3 rings (SSSR count). The zero-order valence-electron chi connectivity index (χ0n) is 14.6. The van der Waals surface area contributed by atoms with Gasteiger partial charge in [-0.2, -0.15) is 0 Å². The van der Waals surface area contributed by atoms with Crippen LogP contribution in [-0.2, 0) is 7.05 Å². The average Bonchev–Trinajstić information content (AvgIpc) is 3.00. The highest BCUT2D eigenvalue weighted by molar-refractivity contribution is 6.30. The van der Waals surface area contributed by atoms with Gasteiger partial charge < -0.3 is 9.64 Å². The number of benzene rings is 1. The molecule has 0 amide bonds. The van der Waals surface area contributed by atoms with Gasteiger partial charge in [0.05, 0.1) is 12.8 Å². The van der Waals surface area contributed by atoms with Crippen molar-refractivity contribution < 1.29 is 9.53 Å². The van der Waals surface area contributed by atoms with Crippen molar-refractivity contribution in [1.29, 1.82) is 0 Å². The molecular formula is C19H24ClN3O2. The van der Waals surface area contributed by atoms with E-state index in [0.717, 1.165) is 13.0 Å². The minimum atomic E-state index is -0.0881. The van der Waals surface area contributed by atoms with Gasteiger partial charge in [0.1, 0.15) is 5.69 Å². The Bertz CT molecular complexity index is 706. The lowest BCUT2D eigenvalue weighted by Crippen LogP contribution is -2.31. The van der Waals surface area contributed by atoms with Crippen LogP contribution in [0.5, 0.6) is 6.01 Å². The lowest BCUT2D eigenvalue weighted by atomic mass is 10.1. The Balaban J connectivity index is 1.53. The van der Waals surface area contributed by atoms with Crippen molar-refractivity contribution in [3.63, 3.8) is 0 Å². The Morgan fingerprint density at radius 3 is 2.64 bits per heavy atom. The van der Waals surface area contributed by atoms with Crippen molar-refractivity contribution in [1.82, 2.24) is 14.5 Å². The van der Waals surface area contributed by atoms with E-state index in [4.69, 9.17) is 16.3 Å². The van der Waals surface area contributed by atoms with Crippen LogP contribution in [0.1, 0.15) is 41.7 Å². The SMILES string of the molecule is Cn1c(C(=O)c2ccc(Cl)cc2)cnc1OCCCN1CCCCC1. The van der Waals surface area contributed by atoms with E-state index in [1.54, 1.807) is 42.1 Å². The first kappa shape index (κ1) is 18.0. The van der Waals surface area contributed by atoms with Gasteiger partial charge in [0.15, 0.2) is 0 Å². The van der Waals surface area contributed by atoms with Crippen LogP contribution >= 0.6 is 11.6 Å². The van der Waals surface area contributed by atoms with Crippen LogP contribution in [-0.4, -0.2) is 46.5 Å². The van der Waals surface area contributed by atoms with Gasteiger partial charge in [-0.05, 0) is 56.6 Å². The molecule has 0 spiro atoms. The number of hydrogen-bond acceptors (Lipinski definition) is 4. The fourth-order valence-corrected chi connectivity index (χ4v) is 3.25. The molecule has 2 aromatic rings. The Hall–Kier alpha value is -1.85. The highest BCUT2D eigenvalue weighted by atomic mass is 35.5. The molecule has 1 saturated heterocycles. The summed E-state index contributed by atoms with van der Waals surface area (Å²) < 4.78 is 7.47. The summed E-state index contributed by atoms with van der Waals surface area (Å²) in [6, 6.07) is 7.34. The molecule has 0 bridgehead atoms. The van der Waals surface area contributed by atoms with Gasteiger partial charge in [-0.15, -0.1) is 0 Å². The number of ether oxygens (including phenoxy) is 1. The molecule has 0 unspecified atom stereocenters. The number of ketones is 1. The molecule has 1 aromatic carbocycles. The highest BCUT2D eigenvalue weighted by Gasteiger charge is 2.17. The minimum absolute atomic E-state index is 0.0881. The molecule has 1 aromatic heterocycles. The van der Waals surface area contributed by atoms with Gasteiger partial charge in [-0.25, -0.2) is 4.98 Å². The summed E-state index contributed by atoms with van der Waals surface area (Å²) in [6.07, 6.45) is 6.49. The van der Waals surface area contributed by atoms with E-state index in [1.165, 1.54) is 32.4 Å². The zero-order valence-corrected chi connectivity index (χ0v) is 15.3. The molecule has 25 heavy (non-hydrogen) atoms. The summed E-state index contributed by atoms with van der Waals surface area (Å²) in [7, 11) is 1.80. The van der Waals surface area contributed by atoms with E-state index in [1.807, 2.05) is 0 Å². The third-order valence-corrected chi connectivity index (χ3v) is 4.84. The van der Waals surface area contributed by atoms with Gasteiger partial charge in [0.2, 0.25) is 5.78 Å². The largest absolute Gasteiger partial charge is 0.465 e. The van der Waals surface area contributed by atoms with E-state index < -0.39 is 0 Å². The number of piperidine rings is 1. The molecule has 0 N–H and O–H groups in total. The van der Waals surface area contributed by atoms with E-state index in [-0.39, 0.29) is 5.78 Å². The van der Waals surface area contributed by atoms with Crippen molar-refractivity contribution in [3.05, 3.63) is 46.7 Å². The maximum atomic E-state index is 12.6. The van der Waals surface area contributed by atoms with E-state index >= 15 is 0 Å². The second kappa shape index (κ2) is 8.50. The normalized spacial score (nSPS) is 15.3. The third kappa shape index (κ3) is 4.61. The molecule has 1 aliphatic rings. The lowest BCUT2D eigenvalue weighted by molar-refractivity contribution is 0.103. The first-order valence-corrected chi connectivity index (χ1v) is 9.20. The lowest BCUT2D eigenvalue weighted by Gasteiger charge is -2.26. The predicted molar refractivity (Wildman–Crippen MR) is 98.5 cm³/mol. The average molecular weight is 362 g/mol. The number of halogens is 1. The molecule has 5 nitrogen and oxygen atoms in total. The van der Waals surface area contributed by atoms with Crippen molar-refractivity contribution in [2.75, 3.05) is 26.2 Å². The predicted octanol–water partition coefficient (Wildman–Crippen LogP) is 3.56. The topological polar surface area (TPSA) is 47.4 Å². The maximum Gasteiger partial charge on any atom is 0.296 e. The first-order valence-electron chi connectivity index (χ1n) is 8.82. The number of rotatable bonds is 7. The van der Waals surface area contributed by atoms with Crippen LogP contribution < -0.4 is 4.74 Å². The van der Waals surface area contributed by atoms with Crippen molar-refractivity contribution in [2.45, 2.75) is 25.7 Å². The standard InChI is InChI=1S/C19H24ClN3O2/c1-22-17(18(24)15-6-8-16(20)9-7-15)14-21-19(22)25-13-5-12-23-10-3-2-4-11-23/h6-9,14H,2-5,10-13H2,1H3. The van der Waals surface area contributed by atoms with Crippen molar-refractivity contribution >= 4 is 17.4 Å². The Morgan fingerprint density at radius 1 is 1.20 bits per heavy atom. The molecule has 134 valence electrons. The number of carbonyl (C=O) groups excluding carboxylic acids is 1. The number of likely N-dealkylation sites (tertiary alicyclic amines) is 1. The van der Waals surface area contributed by atoms with E-state index in [2.05, 4.69) is 9.88 Å². The number of aromatic nitrogens is 2. The molecule has 1 aliphatic heterocycles. The van der Waals surface area contributed by atoms with Crippen LogP contribution in [0, 0.1) is 0 Å². The number of carbonyl (C=O) groups is 1. The van der Waals surface area contributed by atoms with Gasteiger partial charge in [-0.1, -0.05) is 18.0 Å². The second-order valence-corrected chi connectivity index (χ2v) is 6.86. The van der Waals surface area contributed by atoms with Gasteiger partial charge in [0.25, 0.3) is 6.01 Å². The monoisotopic (exact) mass is 361 g/mol. The molecule has 0 saturated carbocycles. The Labute approximate surface area is 153 Å². The van der Waals surface area contributed by atoms with E-state index in [9.17, 15) is 4.79 Å². The smallest absolute Gasteiger partial charge is 0.296 e. The van der Waals surface area contributed by atoms with Gasteiger partial charge >= 0.3 is 0 Å². The zero-order chi connectivity index (χ0) is 17.6. The maximum absolute atomic E-state index is 12.6. The Morgan fingerprint density at radius 2 is 1.92 bits per heavy atom. The van der Waals surface area contributed by atoms with Crippen LogP contribution in [0.25, 0.3) is 0 Å².